The number of ketones is 2. The highest BCUT2D eigenvalue weighted by atomic mass is 16.5. The van der Waals surface area contributed by atoms with Crippen molar-refractivity contribution in [1.82, 2.24) is 0 Å². The van der Waals surface area contributed by atoms with Crippen molar-refractivity contribution < 1.29 is 28.7 Å². The molecule has 0 aliphatic carbocycles. The highest BCUT2D eigenvalue weighted by Crippen LogP contribution is 2.37. The molecule has 2 N–H and O–H groups in total. The Morgan fingerprint density at radius 2 is 0.935 bits per heavy atom. The van der Waals surface area contributed by atoms with Gasteiger partial charge in [-0.15, -0.1) is 0 Å². The average Bonchev–Trinajstić information content (AvgIpc) is 3.05. The van der Waals surface area contributed by atoms with Crippen LogP contribution in [-0.2, 0) is 19.2 Å². The summed E-state index contributed by atoms with van der Waals surface area (Å²) in [5.74, 6) is -1.44. The summed E-state index contributed by atoms with van der Waals surface area (Å²) in [6.45, 7) is 2.54. The maximum Gasteiger partial charge on any atom is 0.258 e. The van der Waals surface area contributed by atoms with Crippen LogP contribution in [0.4, 0.5) is 22.7 Å². The summed E-state index contributed by atoms with van der Waals surface area (Å²) in [7, 11) is 2.93. The molecule has 4 rings (SSSR count). The number of hydrogen-bond donors (Lipinski definition) is 2. The Morgan fingerprint density at radius 1 is 0.565 bits per heavy atom. The first-order chi connectivity index (χ1) is 22.2. The van der Waals surface area contributed by atoms with Gasteiger partial charge in [0, 0.05) is 11.4 Å². The van der Waals surface area contributed by atoms with Crippen LogP contribution < -0.4 is 20.1 Å². The van der Waals surface area contributed by atoms with Crippen molar-refractivity contribution >= 4 is 46.1 Å². The van der Waals surface area contributed by atoms with Gasteiger partial charge in [0.2, 0.25) is 12.1 Å². The molecule has 0 spiro atoms. The predicted molar refractivity (Wildman–Crippen MR) is 173 cm³/mol. The van der Waals surface area contributed by atoms with E-state index in [1.165, 1.54) is 28.1 Å². The molecular weight excluding hydrogens is 588 g/mol. The maximum atomic E-state index is 12.7. The smallest absolute Gasteiger partial charge is 0.258 e. The van der Waals surface area contributed by atoms with Crippen molar-refractivity contribution in [3.05, 3.63) is 97.1 Å². The molecule has 12 nitrogen and oxygen atoms in total. The van der Waals surface area contributed by atoms with E-state index in [1.807, 2.05) is 12.1 Å². The number of azo groups is 2. The molecule has 46 heavy (non-hydrogen) atoms. The Hall–Kier alpha value is -6.04. The third kappa shape index (κ3) is 8.53. The quantitative estimate of drug-likeness (QED) is 0.124. The SMILES string of the molecule is COc1cc(-c2ccc(N=N[C@@H](C(C)=O)C(=O)Nc3ccccc3)c(OC)c2)ccc1N=N[C@@H](C(C)=O)C(=O)Nc1ccccc1. The van der Waals surface area contributed by atoms with Crippen molar-refractivity contribution in [2.45, 2.75) is 25.9 Å². The van der Waals surface area contributed by atoms with Crippen LogP contribution >= 0.6 is 0 Å². The van der Waals surface area contributed by atoms with Gasteiger partial charge in [0.1, 0.15) is 22.9 Å². The molecule has 4 aromatic rings. The molecule has 0 heterocycles. The molecule has 2 atom stereocenters. The summed E-state index contributed by atoms with van der Waals surface area (Å²) in [4.78, 5) is 49.8. The Bertz CT molecular complexity index is 1640. The van der Waals surface area contributed by atoms with Gasteiger partial charge >= 0.3 is 0 Å². The number of nitrogens with zero attached hydrogens (tertiary/aromatic N) is 4. The van der Waals surface area contributed by atoms with E-state index < -0.39 is 35.5 Å². The van der Waals surface area contributed by atoms with E-state index in [1.54, 1.807) is 84.9 Å². The fraction of sp³-hybridized carbons (Fsp3) is 0.176. The van der Waals surface area contributed by atoms with Crippen LogP contribution in [0.5, 0.6) is 11.5 Å². The molecule has 234 valence electrons. The molecule has 0 aromatic heterocycles. The third-order valence-electron chi connectivity index (χ3n) is 6.60. The van der Waals surface area contributed by atoms with Crippen LogP contribution in [0.2, 0.25) is 0 Å². The Morgan fingerprint density at radius 3 is 1.26 bits per heavy atom. The number of carbonyl (C=O) groups excluding carboxylic acids is 4. The molecule has 0 unspecified atom stereocenters. The van der Waals surface area contributed by atoms with E-state index in [0.717, 1.165) is 11.1 Å². The summed E-state index contributed by atoms with van der Waals surface area (Å²) in [6.07, 6.45) is 0. The van der Waals surface area contributed by atoms with E-state index in [-0.39, 0.29) is 0 Å². The lowest BCUT2D eigenvalue weighted by atomic mass is 10.0. The summed E-state index contributed by atoms with van der Waals surface area (Å²) >= 11 is 0. The highest BCUT2D eigenvalue weighted by Gasteiger charge is 2.24. The van der Waals surface area contributed by atoms with Gasteiger partial charge < -0.3 is 20.1 Å². The Kier molecular flexibility index (Phi) is 11.2. The number of ether oxygens (including phenoxy) is 2. The van der Waals surface area contributed by atoms with E-state index in [0.29, 0.717) is 34.2 Å². The minimum atomic E-state index is -1.34. The maximum absolute atomic E-state index is 12.7. The number of amides is 2. The minimum absolute atomic E-state index is 0.312. The summed E-state index contributed by atoms with van der Waals surface area (Å²) in [6, 6.07) is 25.0. The lowest BCUT2D eigenvalue weighted by Gasteiger charge is -2.12. The lowest BCUT2D eigenvalue weighted by molar-refractivity contribution is -0.127. The first kappa shape index (κ1) is 32.9. The zero-order valence-electron chi connectivity index (χ0n) is 25.6. The number of benzene rings is 4. The molecular formula is C34H32N6O6. The van der Waals surface area contributed by atoms with Crippen molar-refractivity contribution in [3.8, 4) is 22.6 Å². The third-order valence-corrected chi connectivity index (χ3v) is 6.60. The Balaban J connectivity index is 1.53. The standard InChI is InChI=1S/C34H32N6O6/c1-21(41)31(33(43)35-25-11-7-5-8-12-25)39-37-27-17-15-23(19-29(27)45-3)24-16-18-28(30(20-24)46-4)38-40-32(22(2)42)34(44)36-26-13-9-6-10-14-26/h5-20,31-32H,1-4H3,(H,35,43)(H,36,44)/t31-,32-/m0/s1. The molecule has 0 bridgehead atoms. The van der Waals surface area contributed by atoms with Gasteiger partial charge in [-0.25, -0.2) is 0 Å². The fourth-order valence-electron chi connectivity index (χ4n) is 4.22. The minimum Gasteiger partial charge on any atom is -0.494 e. The zero-order chi connectivity index (χ0) is 33.1. The van der Waals surface area contributed by atoms with E-state index in [9.17, 15) is 19.2 Å². The topological polar surface area (TPSA) is 160 Å². The number of hydrogen-bond acceptors (Lipinski definition) is 10. The zero-order valence-corrected chi connectivity index (χ0v) is 25.6. The van der Waals surface area contributed by atoms with Gasteiger partial charge in [-0.2, -0.15) is 20.5 Å². The lowest BCUT2D eigenvalue weighted by Crippen LogP contribution is -2.31. The predicted octanol–water partition coefficient (Wildman–Crippen LogP) is 6.73. The van der Waals surface area contributed by atoms with Crippen LogP contribution in [0.3, 0.4) is 0 Å². The molecule has 0 fully saturated rings. The molecule has 12 heteroatoms. The van der Waals surface area contributed by atoms with Crippen molar-refractivity contribution in [2.24, 2.45) is 20.5 Å². The number of nitrogens with one attached hydrogen (secondary N) is 2. The van der Waals surface area contributed by atoms with Gasteiger partial charge in [0.05, 0.1) is 14.2 Å². The number of carbonyl (C=O) groups is 4. The highest BCUT2D eigenvalue weighted by molar-refractivity contribution is 6.10. The number of Topliss-reactive ketones (excluding diaryl/α,β-unsaturated/α-hetero) is 2. The van der Waals surface area contributed by atoms with Crippen LogP contribution in [-0.4, -0.2) is 49.7 Å². The van der Waals surface area contributed by atoms with Crippen LogP contribution in [0.15, 0.2) is 118 Å². The molecule has 4 aromatic carbocycles. The number of para-hydroxylation sites is 2. The molecule has 0 saturated heterocycles. The first-order valence-electron chi connectivity index (χ1n) is 14.1. The average molecular weight is 621 g/mol. The van der Waals surface area contributed by atoms with Crippen molar-refractivity contribution in [1.29, 1.82) is 0 Å². The second kappa shape index (κ2) is 15.6. The Labute approximate surface area is 265 Å². The first-order valence-corrected chi connectivity index (χ1v) is 14.1. The van der Waals surface area contributed by atoms with Gasteiger partial charge in [-0.1, -0.05) is 48.5 Å². The second-order valence-corrected chi connectivity index (χ2v) is 9.94. The summed E-state index contributed by atoms with van der Waals surface area (Å²) in [5, 5.41) is 21.6. The fourth-order valence-corrected chi connectivity index (χ4v) is 4.22. The van der Waals surface area contributed by atoms with Crippen LogP contribution in [0.1, 0.15) is 13.8 Å². The van der Waals surface area contributed by atoms with E-state index in [4.69, 9.17) is 9.47 Å². The molecule has 0 aliphatic rings. The van der Waals surface area contributed by atoms with Gasteiger partial charge in [-0.3, -0.25) is 19.2 Å². The number of rotatable bonds is 13. The van der Waals surface area contributed by atoms with Crippen LogP contribution in [0, 0.1) is 0 Å². The molecule has 0 saturated carbocycles. The van der Waals surface area contributed by atoms with E-state index >= 15 is 0 Å². The van der Waals surface area contributed by atoms with Gasteiger partial charge in [-0.05, 0) is 73.5 Å². The van der Waals surface area contributed by atoms with Gasteiger partial charge in [0.15, 0.2) is 11.6 Å². The van der Waals surface area contributed by atoms with Crippen molar-refractivity contribution in [2.75, 3.05) is 24.9 Å². The summed E-state index contributed by atoms with van der Waals surface area (Å²) < 4.78 is 11.0. The molecule has 2 amide bonds. The molecule has 0 radical (unpaired) electrons. The number of anilines is 2. The second-order valence-electron chi connectivity index (χ2n) is 9.94. The monoisotopic (exact) mass is 620 g/mol. The largest absolute Gasteiger partial charge is 0.494 e. The van der Waals surface area contributed by atoms with Crippen molar-refractivity contribution in [3.63, 3.8) is 0 Å². The molecule has 0 aliphatic heterocycles. The normalized spacial score (nSPS) is 12.3. The van der Waals surface area contributed by atoms with E-state index in [2.05, 4.69) is 31.1 Å². The van der Waals surface area contributed by atoms with Gasteiger partial charge in [0.25, 0.3) is 11.8 Å². The number of methoxy groups -OCH3 is 2. The van der Waals surface area contributed by atoms with Crippen LogP contribution in [0.25, 0.3) is 11.1 Å². The summed E-state index contributed by atoms with van der Waals surface area (Å²) in [5.41, 5.74) is 3.15.